The van der Waals surface area contributed by atoms with Gasteiger partial charge in [0.2, 0.25) is 5.82 Å². The summed E-state index contributed by atoms with van der Waals surface area (Å²) < 4.78 is 26.6. The number of para-hydroxylation sites is 1. The average Bonchev–Trinajstić information content (AvgIpc) is 2.37. The van der Waals surface area contributed by atoms with Gasteiger partial charge in [0.25, 0.3) is 0 Å². The number of hydrogen-bond donors (Lipinski definition) is 0. The van der Waals surface area contributed by atoms with E-state index >= 15 is 0 Å². The fraction of sp³-hybridized carbons (Fsp3) is 0.143. The van der Waals surface area contributed by atoms with Crippen molar-refractivity contribution in [2.75, 3.05) is 11.9 Å². The zero-order chi connectivity index (χ0) is 14.7. The van der Waals surface area contributed by atoms with Gasteiger partial charge in [-0.3, -0.25) is 10.1 Å². The van der Waals surface area contributed by atoms with Gasteiger partial charge in [0, 0.05) is 13.6 Å². The fourth-order valence-corrected chi connectivity index (χ4v) is 1.99. The summed E-state index contributed by atoms with van der Waals surface area (Å²) in [6.45, 7) is 0.238. The van der Waals surface area contributed by atoms with Gasteiger partial charge in [-0.2, -0.15) is 4.39 Å². The highest BCUT2D eigenvalue weighted by Crippen LogP contribution is 2.30. The molecule has 0 aliphatic rings. The highest BCUT2D eigenvalue weighted by atomic mass is 19.1. The maximum Gasteiger partial charge on any atom is 0.327 e. The predicted octanol–water partition coefficient (Wildman–Crippen LogP) is 3.51. The molecule has 0 spiro atoms. The van der Waals surface area contributed by atoms with Crippen molar-refractivity contribution in [1.82, 2.24) is 0 Å². The van der Waals surface area contributed by atoms with Crippen LogP contribution in [-0.2, 0) is 6.54 Å². The van der Waals surface area contributed by atoms with E-state index in [0.29, 0.717) is 5.56 Å². The van der Waals surface area contributed by atoms with Gasteiger partial charge in [-0.1, -0.05) is 18.2 Å². The summed E-state index contributed by atoms with van der Waals surface area (Å²) in [6, 6.07) is 9.80. The van der Waals surface area contributed by atoms with Crippen molar-refractivity contribution in [1.29, 1.82) is 0 Å². The van der Waals surface area contributed by atoms with Gasteiger partial charge in [-0.15, -0.1) is 0 Å². The van der Waals surface area contributed by atoms with E-state index in [1.54, 1.807) is 19.2 Å². The summed E-state index contributed by atoms with van der Waals surface area (Å²) in [5.74, 6) is -1.27. The van der Waals surface area contributed by atoms with Crippen molar-refractivity contribution in [3.05, 3.63) is 69.8 Å². The van der Waals surface area contributed by atoms with E-state index in [4.69, 9.17) is 0 Å². The van der Waals surface area contributed by atoms with Gasteiger partial charge in [-0.05, 0) is 29.8 Å². The largest absolute Gasteiger partial charge is 0.365 e. The van der Waals surface area contributed by atoms with E-state index in [1.165, 1.54) is 29.2 Å². The van der Waals surface area contributed by atoms with E-state index in [2.05, 4.69) is 0 Å². The Hall–Kier alpha value is -2.50. The minimum Gasteiger partial charge on any atom is -0.365 e. The number of rotatable bonds is 4. The Bertz CT molecular complexity index is 647. The van der Waals surface area contributed by atoms with Crippen molar-refractivity contribution in [2.45, 2.75) is 6.54 Å². The van der Waals surface area contributed by atoms with Crippen LogP contribution in [0.15, 0.2) is 42.5 Å². The lowest BCUT2D eigenvalue weighted by Crippen LogP contribution is -2.18. The number of nitrogens with zero attached hydrogens (tertiary/aromatic N) is 2. The number of benzene rings is 2. The monoisotopic (exact) mass is 278 g/mol. The van der Waals surface area contributed by atoms with Crippen LogP contribution >= 0.6 is 0 Å². The lowest BCUT2D eigenvalue weighted by atomic mass is 10.2. The molecule has 0 saturated carbocycles. The second kappa shape index (κ2) is 5.64. The van der Waals surface area contributed by atoms with Gasteiger partial charge >= 0.3 is 5.69 Å². The van der Waals surface area contributed by atoms with Crippen LogP contribution in [0.4, 0.5) is 20.2 Å². The molecular weight excluding hydrogens is 266 g/mol. The Morgan fingerprint density at radius 2 is 1.90 bits per heavy atom. The first kappa shape index (κ1) is 13.9. The highest BCUT2D eigenvalue weighted by Gasteiger charge is 2.22. The molecule has 0 amide bonds. The van der Waals surface area contributed by atoms with Crippen LogP contribution in [0, 0.1) is 21.7 Å². The maximum atomic E-state index is 13.5. The third-order valence-electron chi connectivity index (χ3n) is 2.87. The zero-order valence-electron chi connectivity index (χ0n) is 10.7. The summed E-state index contributed by atoms with van der Waals surface area (Å²) in [5, 5.41) is 10.9. The van der Waals surface area contributed by atoms with Crippen molar-refractivity contribution >= 4 is 11.4 Å². The Balaban J connectivity index is 2.32. The molecule has 0 aliphatic heterocycles. The van der Waals surface area contributed by atoms with Crippen molar-refractivity contribution in [2.24, 2.45) is 0 Å². The van der Waals surface area contributed by atoms with Crippen molar-refractivity contribution in [3.8, 4) is 0 Å². The zero-order valence-corrected chi connectivity index (χ0v) is 10.7. The molecule has 2 aromatic rings. The molecule has 0 unspecified atom stereocenters. The van der Waals surface area contributed by atoms with Crippen LogP contribution in [0.1, 0.15) is 5.56 Å². The summed E-state index contributed by atoms with van der Waals surface area (Å²) in [7, 11) is 1.59. The molecule has 0 fully saturated rings. The van der Waals surface area contributed by atoms with Crippen molar-refractivity contribution < 1.29 is 13.7 Å². The van der Waals surface area contributed by atoms with Gasteiger partial charge in [0.15, 0.2) is 0 Å². The van der Waals surface area contributed by atoms with E-state index in [-0.39, 0.29) is 18.0 Å². The van der Waals surface area contributed by atoms with E-state index in [9.17, 15) is 18.9 Å². The standard InChI is InChI=1S/C14H12F2N2O2/c1-17(9-10-4-2-5-11(15)8-10)13-7-3-6-12(16)14(13)18(19)20/h2-8H,9H2,1H3. The second-order valence-electron chi connectivity index (χ2n) is 4.35. The number of halogens is 2. The number of hydrogen-bond acceptors (Lipinski definition) is 3. The third-order valence-corrected chi connectivity index (χ3v) is 2.87. The Kier molecular flexibility index (Phi) is 3.93. The Morgan fingerprint density at radius 3 is 2.55 bits per heavy atom. The van der Waals surface area contributed by atoms with E-state index < -0.39 is 16.4 Å². The minimum atomic E-state index is -0.890. The molecule has 104 valence electrons. The third kappa shape index (κ3) is 2.90. The molecule has 2 rings (SSSR count). The second-order valence-corrected chi connectivity index (χ2v) is 4.35. The summed E-state index contributed by atoms with van der Waals surface area (Å²) in [6.07, 6.45) is 0. The number of anilines is 1. The molecule has 0 bridgehead atoms. The van der Waals surface area contributed by atoms with Crippen LogP contribution in [-0.4, -0.2) is 12.0 Å². The van der Waals surface area contributed by atoms with Gasteiger partial charge in [-0.25, -0.2) is 4.39 Å². The quantitative estimate of drug-likeness (QED) is 0.635. The normalized spacial score (nSPS) is 10.3. The molecule has 2 aromatic carbocycles. The molecule has 4 nitrogen and oxygen atoms in total. The fourth-order valence-electron chi connectivity index (χ4n) is 1.99. The minimum absolute atomic E-state index is 0.152. The molecule has 0 radical (unpaired) electrons. The molecule has 20 heavy (non-hydrogen) atoms. The van der Waals surface area contributed by atoms with E-state index in [0.717, 1.165) is 6.07 Å². The summed E-state index contributed by atoms with van der Waals surface area (Å²) in [5.41, 5.74) is 0.219. The summed E-state index contributed by atoms with van der Waals surface area (Å²) in [4.78, 5) is 11.7. The Morgan fingerprint density at radius 1 is 1.20 bits per heavy atom. The molecule has 0 aliphatic carbocycles. The maximum absolute atomic E-state index is 13.5. The smallest absolute Gasteiger partial charge is 0.327 e. The molecule has 6 heteroatoms. The van der Waals surface area contributed by atoms with Crippen molar-refractivity contribution in [3.63, 3.8) is 0 Å². The number of nitro benzene ring substituents is 1. The SMILES string of the molecule is CN(Cc1cccc(F)c1)c1cccc(F)c1[N+](=O)[O-]. The van der Waals surface area contributed by atoms with Gasteiger partial charge < -0.3 is 4.90 Å². The highest BCUT2D eigenvalue weighted by molar-refractivity contribution is 5.63. The molecular formula is C14H12F2N2O2. The molecule has 0 heterocycles. The first-order valence-corrected chi connectivity index (χ1v) is 5.87. The summed E-state index contributed by atoms with van der Waals surface area (Å²) >= 11 is 0. The molecule has 0 N–H and O–H groups in total. The van der Waals surface area contributed by atoms with Crippen LogP contribution in [0.5, 0.6) is 0 Å². The van der Waals surface area contributed by atoms with E-state index in [1.807, 2.05) is 0 Å². The molecule has 0 aromatic heterocycles. The average molecular weight is 278 g/mol. The molecule has 0 atom stereocenters. The van der Waals surface area contributed by atoms with Gasteiger partial charge in [0.05, 0.1) is 4.92 Å². The first-order valence-electron chi connectivity index (χ1n) is 5.87. The lowest BCUT2D eigenvalue weighted by molar-refractivity contribution is -0.386. The predicted molar refractivity (Wildman–Crippen MR) is 71.6 cm³/mol. The topological polar surface area (TPSA) is 46.4 Å². The molecule has 0 saturated heterocycles. The Labute approximate surface area is 114 Å². The van der Waals surface area contributed by atoms with Crippen LogP contribution in [0.25, 0.3) is 0 Å². The van der Waals surface area contributed by atoms with Gasteiger partial charge in [0.1, 0.15) is 11.5 Å². The van der Waals surface area contributed by atoms with Crippen LogP contribution in [0.3, 0.4) is 0 Å². The van der Waals surface area contributed by atoms with Crippen LogP contribution in [0.2, 0.25) is 0 Å². The first-order chi connectivity index (χ1) is 9.49. The lowest BCUT2D eigenvalue weighted by Gasteiger charge is -2.19. The number of nitro groups is 1. The van der Waals surface area contributed by atoms with Crippen LogP contribution < -0.4 is 4.90 Å².